The fraction of sp³-hybridized carbons (Fsp3) is 0.438. The molecule has 0 amide bonds. The van der Waals surface area contributed by atoms with Gasteiger partial charge in [0, 0.05) is 11.6 Å². The molecule has 2 aromatic rings. The highest BCUT2D eigenvalue weighted by Crippen LogP contribution is 2.25. The highest BCUT2D eigenvalue weighted by molar-refractivity contribution is 5.88. The molecule has 0 radical (unpaired) electrons. The molecule has 19 heavy (non-hydrogen) atoms. The van der Waals surface area contributed by atoms with Crippen molar-refractivity contribution in [2.75, 3.05) is 7.11 Å². The van der Waals surface area contributed by atoms with E-state index in [9.17, 15) is 4.79 Å². The van der Waals surface area contributed by atoms with Gasteiger partial charge in [-0.2, -0.15) is 0 Å². The van der Waals surface area contributed by atoms with Crippen molar-refractivity contribution in [1.29, 1.82) is 0 Å². The largest absolute Gasteiger partial charge is 0.496 e. The minimum absolute atomic E-state index is 0.0498. The van der Waals surface area contributed by atoms with Crippen molar-refractivity contribution >= 4 is 10.8 Å². The summed E-state index contributed by atoms with van der Waals surface area (Å²) < 4.78 is 5.40. The van der Waals surface area contributed by atoms with Gasteiger partial charge in [-0.3, -0.25) is 4.79 Å². The summed E-state index contributed by atoms with van der Waals surface area (Å²) in [5.74, 6) is 0.786. The van der Waals surface area contributed by atoms with Crippen LogP contribution in [0.1, 0.15) is 38.2 Å². The summed E-state index contributed by atoms with van der Waals surface area (Å²) in [4.78, 5) is 14.6. The highest BCUT2D eigenvalue weighted by Gasteiger charge is 2.07. The molecule has 0 unspecified atom stereocenters. The van der Waals surface area contributed by atoms with Gasteiger partial charge in [0.05, 0.1) is 12.5 Å². The second-order valence-electron chi connectivity index (χ2n) is 4.88. The lowest BCUT2D eigenvalue weighted by Gasteiger charge is -2.08. The average Bonchev–Trinajstić information content (AvgIpc) is 2.43. The molecule has 0 spiro atoms. The van der Waals surface area contributed by atoms with E-state index in [4.69, 9.17) is 4.74 Å². The van der Waals surface area contributed by atoms with Gasteiger partial charge in [-0.25, -0.2) is 0 Å². The zero-order chi connectivity index (χ0) is 13.7. The van der Waals surface area contributed by atoms with Crippen LogP contribution in [0.4, 0.5) is 0 Å². The molecule has 1 aromatic carbocycles. The molecule has 3 nitrogen and oxygen atoms in total. The molecule has 102 valence electrons. The van der Waals surface area contributed by atoms with E-state index in [1.807, 2.05) is 18.2 Å². The minimum atomic E-state index is -0.0498. The second-order valence-corrected chi connectivity index (χ2v) is 4.88. The summed E-state index contributed by atoms with van der Waals surface area (Å²) >= 11 is 0. The Balaban J connectivity index is 2.30. The average molecular weight is 259 g/mol. The van der Waals surface area contributed by atoms with E-state index in [0.29, 0.717) is 5.39 Å². The van der Waals surface area contributed by atoms with Crippen LogP contribution < -0.4 is 10.3 Å². The summed E-state index contributed by atoms with van der Waals surface area (Å²) in [6.07, 6.45) is 7.57. The predicted molar refractivity (Wildman–Crippen MR) is 79.0 cm³/mol. The number of unbranched alkanes of at least 4 members (excludes halogenated alkanes) is 3. The first-order valence-corrected chi connectivity index (χ1v) is 6.94. The van der Waals surface area contributed by atoms with Gasteiger partial charge in [-0.05, 0) is 36.6 Å². The summed E-state index contributed by atoms with van der Waals surface area (Å²) in [7, 11) is 1.65. The lowest BCUT2D eigenvalue weighted by atomic mass is 10.0. The van der Waals surface area contributed by atoms with Gasteiger partial charge in [0.15, 0.2) is 0 Å². The van der Waals surface area contributed by atoms with Gasteiger partial charge in [-0.15, -0.1) is 0 Å². The molecule has 0 aliphatic carbocycles. The third-order valence-corrected chi connectivity index (χ3v) is 3.45. The van der Waals surface area contributed by atoms with Crippen LogP contribution >= 0.6 is 0 Å². The topological polar surface area (TPSA) is 42.1 Å². The molecule has 0 atom stereocenters. The maximum atomic E-state index is 11.9. The number of pyridine rings is 1. The van der Waals surface area contributed by atoms with Crippen molar-refractivity contribution in [3.63, 3.8) is 0 Å². The monoisotopic (exact) mass is 259 g/mol. The van der Waals surface area contributed by atoms with Crippen molar-refractivity contribution in [3.8, 4) is 5.75 Å². The SMILES string of the molecule is CCCCCCc1cc(OC)c2cc[nH]c(=O)c2c1. The van der Waals surface area contributed by atoms with Gasteiger partial charge < -0.3 is 9.72 Å². The lowest BCUT2D eigenvalue weighted by Crippen LogP contribution is -2.06. The minimum Gasteiger partial charge on any atom is -0.496 e. The van der Waals surface area contributed by atoms with Crippen LogP contribution in [-0.4, -0.2) is 12.1 Å². The van der Waals surface area contributed by atoms with Crippen molar-refractivity contribution in [1.82, 2.24) is 4.98 Å². The van der Waals surface area contributed by atoms with Crippen molar-refractivity contribution in [2.45, 2.75) is 39.0 Å². The highest BCUT2D eigenvalue weighted by atomic mass is 16.5. The quantitative estimate of drug-likeness (QED) is 0.804. The number of benzene rings is 1. The molecular formula is C16H21NO2. The van der Waals surface area contributed by atoms with Crippen molar-refractivity contribution in [3.05, 3.63) is 40.3 Å². The van der Waals surface area contributed by atoms with Gasteiger partial charge >= 0.3 is 0 Å². The molecule has 1 N–H and O–H groups in total. The molecule has 0 aliphatic rings. The smallest absolute Gasteiger partial charge is 0.255 e. The number of hydrogen-bond donors (Lipinski definition) is 1. The summed E-state index contributed by atoms with van der Waals surface area (Å²) in [6, 6.07) is 5.92. The predicted octanol–water partition coefficient (Wildman–Crippen LogP) is 3.66. The number of H-pyrrole nitrogens is 1. The Morgan fingerprint density at radius 1 is 1.16 bits per heavy atom. The van der Waals surface area contributed by atoms with Gasteiger partial charge in [0.2, 0.25) is 0 Å². The number of hydrogen-bond acceptors (Lipinski definition) is 2. The van der Waals surface area contributed by atoms with E-state index < -0.39 is 0 Å². The normalized spacial score (nSPS) is 10.8. The van der Waals surface area contributed by atoms with Crippen LogP contribution in [0, 0.1) is 0 Å². The number of methoxy groups -OCH3 is 1. The third-order valence-electron chi connectivity index (χ3n) is 3.45. The van der Waals surface area contributed by atoms with E-state index in [1.54, 1.807) is 13.3 Å². The van der Waals surface area contributed by atoms with E-state index in [-0.39, 0.29) is 5.56 Å². The molecule has 3 heteroatoms. The molecule has 0 saturated carbocycles. The van der Waals surface area contributed by atoms with Crippen LogP contribution in [0.2, 0.25) is 0 Å². The lowest BCUT2D eigenvalue weighted by molar-refractivity contribution is 0.419. The van der Waals surface area contributed by atoms with Gasteiger partial charge in [0.25, 0.3) is 5.56 Å². The Morgan fingerprint density at radius 3 is 2.74 bits per heavy atom. The van der Waals surface area contributed by atoms with Crippen molar-refractivity contribution < 1.29 is 4.74 Å². The standard InChI is InChI=1S/C16H21NO2/c1-3-4-5-6-7-12-10-14-13(15(11-12)19-2)8-9-17-16(14)18/h8-11H,3-7H2,1-2H3,(H,17,18). The first-order valence-electron chi connectivity index (χ1n) is 6.94. The van der Waals surface area contributed by atoms with Gasteiger partial charge in [-0.1, -0.05) is 26.2 Å². The number of fused-ring (bicyclic) bond motifs is 1. The van der Waals surface area contributed by atoms with Crippen LogP contribution in [0.3, 0.4) is 0 Å². The molecule has 2 rings (SSSR count). The summed E-state index contributed by atoms with van der Waals surface area (Å²) in [6.45, 7) is 2.21. The Hall–Kier alpha value is -1.77. The maximum Gasteiger partial charge on any atom is 0.255 e. The zero-order valence-electron chi connectivity index (χ0n) is 11.7. The fourth-order valence-corrected chi connectivity index (χ4v) is 2.39. The zero-order valence-corrected chi connectivity index (χ0v) is 11.7. The van der Waals surface area contributed by atoms with Crippen molar-refractivity contribution in [2.24, 2.45) is 0 Å². The number of rotatable bonds is 6. The molecule has 1 heterocycles. The van der Waals surface area contributed by atoms with E-state index in [2.05, 4.69) is 11.9 Å². The first kappa shape index (κ1) is 13.7. The Bertz CT molecular complexity index is 601. The van der Waals surface area contributed by atoms with Crippen LogP contribution in [0.5, 0.6) is 5.75 Å². The second kappa shape index (κ2) is 6.41. The molecule has 0 bridgehead atoms. The Kier molecular flexibility index (Phi) is 4.61. The Labute approximate surface area is 113 Å². The third kappa shape index (κ3) is 3.16. The summed E-state index contributed by atoms with van der Waals surface area (Å²) in [5, 5.41) is 1.59. The van der Waals surface area contributed by atoms with E-state index in [1.165, 1.54) is 24.8 Å². The number of aromatic amines is 1. The number of aryl methyl sites for hydroxylation is 1. The fourth-order valence-electron chi connectivity index (χ4n) is 2.39. The van der Waals surface area contributed by atoms with E-state index in [0.717, 1.165) is 24.0 Å². The molecular weight excluding hydrogens is 238 g/mol. The molecule has 0 fully saturated rings. The van der Waals surface area contributed by atoms with Crippen LogP contribution in [0.15, 0.2) is 29.2 Å². The van der Waals surface area contributed by atoms with E-state index >= 15 is 0 Å². The maximum absolute atomic E-state index is 11.9. The molecule has 1 aromatic heterocycles. The molecule has 0 saturated heterocycles. The Morgan fingerprint density at radius 2 is 2.00 bits per heavy atom. The van der Waals surface area contributed by atoms with Crippen LogP contribution in [0.25, 0.3) is 10.8 Å². The molecule has 0 aliphatic heterocycles. The summed E-state index contributed by atoms with van der Waals surface area (Å²) in [5.41, 5.74) is 1.13. The van der Waals surface area contributed by atoms with Gasteiger partial charge in [0.1, 0.15) is 5.75 Å². The van der Waals surface area contributed by atoms with Crippen LogP contribution in [-0.2, 0) is 6.42 Å². The number of aromatic nitrogens is 1. The number of ether oxygens (including phenoxy) is 1. The first-order chi connectivity index (χ1) is 9.26. The number of nitrogens with one attached hydrogen (secondary N) is 1.